The highest BCUT2D eigenvalue weighted by Crippen LogP contribution is 2.29. The first-order valence-electron chi connectivity index (χ1n) is 6.52. The molecule has 0 aliphatic carbocycles. The number of rotatable bonds is 7. The summed E-state index contributed by atoms with van der Waals surface area (Å²) >= 11 is 0. The molecule has 0 heterocycles. The predicted molar refractivity (Wildman–Crippen MR) is 75.2 cm³/mol. The van der Waals surface area contributed by atoms with Gasteiger partial charge in [-0.1, -0.05) is 19.1 Å². The summed E-state index contributed by atoms with van der Waals surface area (Å²) in [6.45, 7) is 4.39. The summed E-state index contributed by atoms with van der Waals surface area (Å²) < 4.78 is 63.4. The predicted octanol–water partition coefficient (Wildman–Crippen LogP) is 2.12. The SMILES string of the molecule is CCNCC(C)S(=O)(=O)NCc1ccc(C(F)(F)F)cc1. The van der Waals surface area contributed by atoms with Gasteiger partial charge in [-0.15, -0.1) is 0 Å². The number of hydrogen-bond acceptors (Lipinski definition) is 3. The van der Waals surface area contributed by atoms with Crippen LogP contribution in [0.2, 0.25) is 0 Å². The molecule has 0 radical (unpaired) electrons. The number of alkyl halides is 3. The van der Waals surface area contributed by atoms with E-state index in [9.17, 15) is 21.6 Å². The summed E-state index contributed by atoms with van der Waals surface area (Å²) in [7, 11) is -3.50. The third-order valence-corrected chi connectivity index (χ3v) is 4.74. The molecule has 4 nitrogen and oxygen atoms in total. The number of benzene rings is 1. The van der Waals surface area contributed by atoms with Gasteiger partial charge in [0.25, 0.3) is 0 Å². The molecule has 1 atom stereocenters. The Morgan fingerprint density at radius 3 is 2.24 bits per heavy atom. The van der Waals surface area contributed by atoms with E-state index in [0.717, 1.165) is 12.1 Å². The van der Waals surface area contributed by atoms with Gasteiger partial charge < -0.3 is 5.32 Å². The maximum Gasteiger partial charge on any atom is 0.416 e. The topological polar surface area (TPSA) is 58.2 Å². The molecular weight excluding hydrogens is 305 g/mol. The largest absolute Gasteiger partial charge is 0.416 e. The Hall–Kier alpha value is -1.12. The third kappa shape index (κ3) is 5.64. The molecule has 1 unspecified atom stereocenters. The fraction of sp³-hybridized carbons (Fsp3) is 0.538. The van der Waals surface area contributed by atoms with Crippen LogP contribution in [0.3, 0.4) is 0 Å². The molecule has 21 heavy (non-hydrogen) atoms. The highest BCUT2D eigenvalue weighted by Gasteiger charge is 2.30. The molecule has 8 heteroatoms. The summed E-state index contributed by atoms with van der Waals surface area (Å²) in [6, 6.07) is 4.40. The molecule has 0 fully saturated rings. The standard InChI is InChI=1S/C13H19F3N2O2S/c1-3-17-8-10(2)21(19,20)18-9-11-4-6-12(7-5-11)13(14,15)16/h4-7,10,17-18H,3,8-9H2,1-2H3. The quantitative estimate of drug-likeness (QED) is 0.808. The minimum absolute atomic E-state index is 0.0308. The normalized spacial score (nSPS) is 14.1. The molecule has 120 valence electrons. The van der Waals surface area contributed by atoms with Crippen LogP contribution in [0.5, 0.6) is 0 Å². The zero-order chi connectivity index (χ0) is 16.1. The van der Waals surface area contributed by atoms with Crippen LogP contribution >= 0.6 is 0 Å². The summed E-state index contributed by atoms with van der Waals surface area (Å²) in [5, 5.41) is 2.31. The van der Waals surface area contributed by atoms with Crippen molar-refractivity contribution in [2.45, 2.75) is 31.8 Å². The Labute approximate surface area is 122 Å². The molecule has 1 rings (SSSR count). The molecule has 1 aromatic rings. The Bertz CT molecular complexity index is 542. The molecule has 0 aliphatic heterocycles. The van der Waals surface area contributed by atoms with E-state index in [1.54, 1.807) is 6.92 Å². The van der Waals surface area contributed by atoms with Crippen molar-refractivity contribution in [2.75, 3.05) is 13.1 Å². The lowest BCUT2D eigenvalue weighted by Gasteiger charge is -2.14. The zero-order valence-corrected chi connectivity index (χ0v) is 12.7. The van der Waals surface area contributed by atoms with Gasteiger partial charge in [0.05, 0.1) is 10.8 Å². The van der Waals surface area contributed by atoms with Gasteiger partial charge in [0.15, 0.2) is 0 Å². The summed E-state index contributed by atoms with van der Waals surface area (Å²) in [6.07, 6.45) is -4.39. The van der Waals surface area contributed by atoms with E-state index in [1.807, 2.05) is 6.92 Å². The van der Waals surface area contributed by atoms with Crippen LogP contribution in [-0.2, 0) is 22.7 Å². The van der Waals surface area contributed by atoms with Crippen molar-refractivity contribution < 1.29 is 21.6 Å². The number of nitrogens with one attached hydrogen (secondary N) is 2. The number of sulfonamides is 1. The van der Waals surface area contributed by atoms with Crippen molar-refractivity contribution >= 4 is 10.0 Å². The van der Waals surface area contributed by atoms with Crippen LogP contribution < -0.4 is 10.0 Å². The average molecular weight is 324 g/mol. The Kier molecular flexibility index (Phi) is 6.18. The minimum atomic E-state index is -4.39. The average Bonchev–Trinajstić information content (AvgIpc) is 2.42. The van der Waals surface area contributed by atoms with Crippen LogP contribution in [0.1, 0.15) is 25.0 Å². The van der Waals surface area contributed by atoms with Crippen molar-refractivity contribution in [3.63, 3.8) is 0 Å². The monoisotopic (exact) mass is 324 g/mol. The molecule has 0 saturated carbocycles. The first kappa shape index (κ1) is 17.9. The number of hydrogen-bond donors (Lipinski definition) is 2. The van der Waals surface area contributed by atoms with Gasteiger partial charge in [0.2, 0.25) is 10.0 Å². The molecule has 0 spiro atoms. The van der Waals surface area contributed by atoms with E-state index in [0.29, 0.717) is 18.7 Å². The van der Waals surface area contributed by atoms with Crippen LogP contribution in [0.4, 0.5) is 13.2 Å². The molecule has 0 aliphatic rings. The smallest absolute Gasteiger partial charge is 0.316 e. The van der Waals surface area contributed by atoms with Gasteiger partial charge >= 0.3 is 6.18 Å². The molecular formula is C13H19F3N2O2S. The second-order valence-corrected chi connectivity index (χ2v) is 6.86. The van der Waals surface area contributed by atoms with E-state index in [4.69, 9.17) is 0 Å². The lowest BCUT2D eigenvalue weighted by molar-refractivity contribution is -0.137. The van der Waals surface area contributed by atoms with E-state index in [1.165, 1.54) is 12.1 Å². The highest BCUT2D eigenvalue weighted by molar-refractivity contribution is 7.90. The lowest BCUT2D eigenvalue weighted by Crippen LogP contribution is -2.38. The highest BCUT2D eigenvalue weighted by atomic mass is 32.2. The molecule has 1 aromatic carbocycles. The van der Waals surface area contributed by atoms with Gasteiger partial charge in [0.1, 0.15) is 0 Å². The Morgan fingerprint density at radius 1 is 1.19 bits per heavy atom. The molecule has 0 amide bonds. The molecule has 0 aromatic heterocycles. The second-order valence-electron chi connectivity index (χ2n) is 4.68. The van der Waals surface area contributed by atoms with Gasteiger partial charge in [-0.3, -0.25) is 0 Å². The molecule has 2 N–H and O–H groups in total. The first-order valence-corrected chi connectivity index (χ1v) is 8.06. The van der Waals surface area contributed by atoms with E-state index in [2.05, 4.69) is 10.0 Å². The van der Waals surface area contributed by atoms with Crippen molar-refractivity contribution in [1.29, 1.82) is 0 Å². The first-order chi connectivity index (χ1) is 9.66. The molecule has 0 saturated heterocycles. The van der Waals surface area contributed by atoms with Gasteiger partial charge in [-0.05, 0) is 31.2 Å². The fourth-order valence-corrected chi connectivity index (χ4v) is 2.58. The van der Waals surface area contributed by atoms with E-state index < -0.39 is 27.0 Å². The Balaban J connectivity index is 2.62. The van der Waals surface area contributed by atoms with Crippen LogP contribution in [0.15, 0.2) is 24.3 Å². The van der Waals surface area contributed by atoms with Crippen molar-refractivity contribution in [2.24, 2.45) is 0 Å². The number of halogens is 3. The van der Waals surface area contributed by atoms with Crippen molar-refractivity contribution in [1.82, 2.24) is 10.0 Å². The zero-order valence-electron chi connectivity index (χ0n) is 11.9. The van der Waals surface area contributed by atoms with Crippen LogP contribution in [-0.4, -0.2) is 26.8 Å². The fourth-order valence-electron chi connectivity index (χ4n) is 1.60. The van der Waals surface area contributed by atoms with Gasteiger partial charge in [-0.2, -0.15) is 13.2 Å². The maximum absolute atomic E-state index is 12.4. The third-order valence-electron chi connectivity index (χ3n) is 2.97. The van der Waals surface area contributed by atoms with E-state index in [-0.39, 0.29) is 6.54 Å². The summed E-state index contributed by atoms with van der Waals surface area (Å²) in [4.78, 5) is 0. The van der Waals surface area contributed by atoms with Crippen molar-refractivity contribution in [3.05, 3.63) is 35.4 Å². The van der Waals surface area contributed by atoms with Crippen LogP contribution in [0.25, 0.3) is 0 Å². The van der Waals surface area contributed by atoms with E-state index >= 15 is 0 Å². The Morgan fingerprint density at radius 2 is 1.76 bits per heavy atom. The maximum atomic E-state index is 12.4. The van der Waals surface area contributed by atoms with Gasteiger partial charge in [0, 0.05) is 13.1 Å². The van der Waals surface area contributed by atoms with Crippen LogP contribution in [0, 0.1) is 0 Å². The van der Waals surface area contributed by atoms with Crippen molar-refractivity contribution in [3.8, 4) is 0 Å². The lowest BCUT2D eigenvalue weighted by atomic mass is 10.1. The summed E-state index contributed by atoms with van der Waals surface area (Å²) in [5.41, 5.74) is -0.281. The molecule has 0 bridgehead atoms. The second kappa shape index (κ2) is 7.24. The minimum Gasteiger partial charge on any atom is -0.316 e. The van der Waals surface area contributed by atoms with Gasteiger partial charge in [-0.25, -0.2) is 13.1 Å². The summed E-state index contributed by atoms with van der Waals surface area (Å²) in [5.74, 6) is 0.